The highest BCUT2D eigenvalue weighted by Gasteiger charge is 2.34. The predicted octanol–water partition coefficient (Wildman–Crippen LogP) is 5.39. The number of thiophene rings is 1. The maximum Gasteiger partial charge on any atom is 0.341 e. The Kier molecular flexibility index (Phi) is 9.27. The van der Waals surface area contributed by atoms with Crippen LogP contribution < -0.4 is 10.6 Å². The SMILES string of the molecule is CCOC(=O)c1c(NC(=O)CSc2cccc(NC(=O)C3CC=CCC3C(=O)O)c2)sc2c1CCC(C)C2. The number of anilines is 2. The Bertz CT molecular complexity index is 1250. The normalized spacial score (nSPS) is 20.3. The van der Waals surface area contributed by atoms with Crippen LogP contribution in [0.25, 0.3) is 0 Å². The Morgan fingerprint density at radius 3 is 2.63 bits per heavy atom. The Labute approximate surface area is 230 Å². The third-order valence-electron chi connectivity index (χ3n) is 6.80. The van der Waals surface area contributed by atoms with Crippen molar-refractivity contribution >= 4 is 57.5 Å². The summed E-state index contributed by atoms with van der Waals surface area (Å²) in [6.07, 6.45) is 7.05. The molecule has 202 valence electrons. The first kappa shape index (κ1) is 27.9. The molecule has 38 heavy (non-hydrogen) atoms. The second-order valence-corrected chi connectivity index (χ2v) is 11.8. The highest BCUT2D eigenvalue weighted by Crippen LogP contribution is 2.40. The van der Waals surface area contributed by atoms with E-state index in [0.29, 0.717) is 35.0 Å². The topological polar surface area (TPSA) is 122 Å². The van der Waals surface area contributed by atoms with E-state index in [2.05, 4.69) is 17.6 Å². The second-order valence-electron chi connectivity index (χ2n) is 9.62. The number of fused-ring (bicyclic) bond motifs is 1. The van der Waals surface area contributed by atoms with Crippen LogP contribution in [0.4, 0.5) is 10.7 Å². The van der Waals surface area contributed by atoms with Gasteiger partial charge in [-0.05, 0) is 68.7 Å². The Hall–Kier alpha value is -3.11. The summed E-state index contributed by atoms with van der Waals surface area (Å²) in [4.78, 5) is 51.8. The standard InChI is InChI=1S/C28H32N2O6S2/c1-3-36-28(35)24-21-12-11-16(2)13-22(21)38-26(24)30-23(31)15-37-18-8-6-7-17(14-18)29-25(32)19-9-4-5-10-20(19)27(33)34/h4-8,14,16,19-20H,3,9-13,15H2,1-2H3,(H,29,32)(H,30,31)(H,33,34). The first-order valence-corrected chi connectivity index (χ1v) is 14.6. The van der Waals surface area contributed by atoms with Crippen LogP contribution in [-0.2, 0) is 32.0 Å². The maximum atomic E-state index is 12.9. The van der Waals surface area contributed by atoms with Crippen LogP contribution in [0.5, 0.6) is 0 Å². The summed E-state index contributed by atoms with van der Waals surface area (Å²) >= 11 is 2.77. The molecule has 1 heterocycles. The molecule has 2 amide bonds. The summed E-state index contributed by atoms with van der Waals surface area (Å²) in [5.41, 5.74) is 2.03. The average Bonchev–Trinajstić information content (AvgIpc) is 3.24. The molecule has 0 fully saturated rings. The molecule has 2 aromatic rings. The number of hydrogen-bond acceptors (Lipinski definition) is 7. The van der Waals surface area contributed by atoms with E-state index in [4.69, 9.17) is 4.74 Å². The molecule has 0 saturated heterocycles. The van der Waals surface area contributed by atoms with Crippen molar-refractivity contribution in [1.82, 2.24) is 0 Å². The van der Waals surface area contributed by atoms with E-state index in [-0.39, 0.29) is 24.2 Å². The first-order valence-electron chi connectivity index (χ1n) is 12.8. The lowest BCUT2D eigenvalue weighted by atomic mass is 9.82. The summed E-state index contributed by atoms with van der Waals surface area (Å²) in [7, 11) is 0. The number of aliphatic carboxylic acids is 1. The number of esters is 1. The van der Waals surface area contributed by atoms with E-state index in [1.165, 1.54) is 23.1 Å². The minimum Gasteiger partial charge on any atom is -0.481 e. The molecule has 3 N–H and O–H groups in total. The molecule has 1 aromatic heterocycles. The molecular formula is C28H32N2O6S2. The summed E-state index contributed by atoms with van der Waals surface area (Å²) in [5, 5.41) is 15.7. The molecule has 2 aliphatic rings. The van der Waals surface area contributed by atoms with Crippen molar-refractivity contribution in [2.75, 3.05) is 23.0 Å². The van der Waals surface area contributed by atoms with Crippen LogP contribution in [0.3, 0.4) is 0 Å². The number of amides is 2. The first-order chi connectivity index (χ1) is 18.3. The third kappa shape index (κ3) is 6.66. The van der Waals surface area contributed by atoms with Crippen molar-refractivity contribution in [1.29, 1.82) is 0 Å². The predicted molar refractivity (Wildman–Crippen MR) is 149 cm³/mol. The highest BCUT2D eigenvalue weighted by molar-refractivity contribution is 8.00. The Morgan fingerprint density at radius 1 is 1.13 bits per heavy atom. The number of allylic oxidation sites excluding steroid dienone is 2. The van der Waals surface area contributed by atoms with Crippen molar-refractivity contribution in [2.24, 2.45) is 17.8 Å². The Morgan fingerprint density at radius 2 is 1.89 bits per heavy atom. The Balaban J connectivity index is 1.39. The van der Waals surface area contributed by atoms with Gasteiger partial charge < -0.3 is 20.5 Å². The van der Waals surface area contributed by atoms with E-state index < -0.39 is 23.8 Å². The lowest BCUT2D eigenvalue weighted by Gasteiger charge is -2.24. The second kappa shape index (κ2) is 12.6. The summed E-state index contributed by atoms with van der Waals surface area (Å²) < 4.78 is 5.28. The summed E-state index contributed by atoms with van der Waals surface area (Å²) in [5.74, 6) is -2.66. The molecule has 0 spiro atoms. The fraction of sp³-hybridized carbons (Fsp3) is 0.429. The molecule has 10 heteroatoms. The van der Waals surface area contributed by atoms with Gasteiger partial charge in [-0.1, -0.05) is 25.1 Å². The molecule has 8 nitrogen and oxygen atoms in total. The number of thioether (sulfide) groups is 1. The number of carbonyl (C=O) groups is 4. The number of hydrogen-bond donors (Lipinski definition) is 3. The van der Waals surface area contributed by atoms with Gasteiger partial charge in [0.15, 0.2) is 0 Å². The van der Waals surface area contributed by atoms with E-state index >= 15 is 0 Å². The van der Waals surface area contributed by atoms with Gasteiger partial charge in [0, 0.05) is 15.5 Å². The minimum atomic E-state index is -0.975. The number of rotatable bonds is 9. The number of nitrogens with one attached hydrogen (secondary N) is 2. The van der Waals surface area contributed by atoms with Crippen LogP contribution in [0.15, 0.2) is 41.3 Å². The van der Waals surface area contributed by atoms with Crippen molar-refractivity contribution in [3.05, 3.63) is 52.4 Å². The molecule has 4 rings (SSSR count). The molecule has 2 aliphatic carbocycles. The number of ether oxygens (including phenoxy) is 1. The average molecular weight is 557 g/mol. The lowest BCUT2D eigenvalue weighted by molar-refractivity contribution is -0.146. The van der Waals surface area contributed by atoms with Crippen LogP contribution in [0.2, 0.25) is 0 Å². The van der Waals surface area contributed by atoms with Gasteiger partial charge in [-0.15, -0.1) is 23.1 Å². The van der Waals surface area contributed by atoms with Crippen molar-refractivity contribution in [2.45, 2.75) is 50.8 Å². The van der Waals surface area contributed by atoms with Gasteiger partial charge in [0.25, 0.3) is 0 Å². The lowest BCUT2D eigenvalue weighted by Crippen LogP contribution is -2.34. The zero-order chi connectivity index (χ0) is 27.2. The van der Waals surface area contributed by atoms with Gasteiger partial charge in [0.1, 0.15) is 5.00 Å². The largest absolute Gasteiger partial charge is 0.481 e. The van der Waals surface area contributed by atoms with Crippen molar-refractivity contribution in [3.8, 4) is 0 Å². The number of carboxylic acid groups (broad SMARTS) is 1. The fourth-order valence-electron chi connectivity index (χ4n) is 4.85. The zero-order valence-electron chi connectivity index (χ0n) is 21.5. The molecule has 3 unspecified atom stereocenters. The number of carbonyl (C=O) groups excluding carboxylic acids is 3. The van der Waals surface area contributed by atoms with Gasteiger partial charge in [0.05, 0.1) is 29.8 Å². The number of carboxylic acids is 1. The smallest absolute Gasteiger partial charge is 0.341 e. The fourth-order valence-corrected chi connectivity index (χ4v) is 7.02. The minimum absolute atomic E-state index is 0.118. The van der Waals surface area contributed by atoms with E-state index in [1.54, 1.807) is 31.2 Å². The quantitative estimate of drug-likeness (QED) is 0.215. The summed E-state index contributed by atoms with van der Waals surface area (Å²) in [6, 6.07) is 7.11. The van der Waals surface area contributed by atoms with Crippen molar-refractivity contribution in [3.63, 3.8) is 0 Å². The molecule has 3 atom stereocenters. The van der Waals surface area contributed by atoms with E-state index in [1.807, 2.05) is 12.1 Å². The van der Waals surface area contributed by atoms with Gasteiger partial charge in [-0.25, -0.2) is 4.79 Å². The van der Waals surface area contributed by atoms with Gasteiger partial charge >= 0.3 is 11.9 Å². The molecule has 0 aliphatic heterocycles. The van der Waals surface area contributed by atoms with Gasteiger partial charge in [0.2, 0.25) is 11.8 Å². The molecule has 1 aromatic carbocycles. The molecule has 0 bridgehead atoms. The highest BCUT2D eigenvalue weighted by atomic mass is 32.2. The molecule has 0 radical (unpaired) electrons. The van der Waals surface area contributed by atoms with Crippen LogP contribution >= 0.6 is 23.1 Å². The molecule has 0 saturated carbocycles. The van der Waals surface area contributed by atoms with E-state index in [0.717, 1.165) is 34.6 Å². The zero-order valence-corrected chi connectivity index (χ0v) is 23.1. The van der Waals surface area contributed by atoms with Crippen LogP contribution in [0, 0.1) is 17.8 Å². The monoisotopic (exact) mass is 556 g/mol. The van der Waals surface area contributed by atoms with Gasteiger partial charge in [-0.2, -0.15) is 0 Å². The maximum absolute atomic E-state index is 12.9. The molecular weight excluding hydrogens is 524 g/mol. The van der Waals surface area contributed by atoms with Crippen LogP contribution in [-0.4, -0.2) is 41.2 Å². The van der Waals surface area contributed by atoms with Gasteiger partial charge in [-0.3, -0.25) is 14.4 Å². The van der Waals surface area contributed by atoms with Crippen LogP contribution in [0.1, 0.15) is 53.9 Å². The summed E-state index contributed by atoms with van der Waals surface area (Å²) in [6.45, 7) is 4.22. The van der Waals surface area contributed by atoms with Crippen molar-refractivity contribution < 1.29 is 29.0 Å². The number of benzene rings is 1. The van der Waals surface area contributed by atoms with E-state index in [9.17, 15) is 24.3 Å². The third-order valence-corrected chi connectivity index (χ3v) is 8.97.